The molecule has 1 heterocycles. The van der Waals surface area contributed by atoms with Crippen LogP contribution in [0.2, 0.25) is 0 Å². The molecular weight excluding hydrogens is 264 g/mol. The van der Waals surface area contributed by atoms with Crippen LogP contribution in [0.1, 0.15) is 18.4 Å². The monoisotopic (exact) mass is 290 g/mol. The van der Waals surface area contributed by atoms with Crippen molar-refractivity contribution in [2.24, 2.45) is 0 Å². The third-order valence-electron chi connectivity index (χ3n) is 4.27. The van der Waals surface area contributed by atoms with Gasteiger partial charge in [-0.1, -0.05) is 12.1 Å². The number of amides is 1. The van der Waals surface area contributed by atoms with Crippen molar-refractivity contribution in [3.63, 3.8) is 0 Å². The normalized spacial score (nSPS) is 17.1. The summed E-state index contributed by atoms with van der Waals surface area (Å²) in [5.74, 6) is -0.00238. The zero-order valence-electron chi connectivity index (χ0n) is 13.2. The van der Waals surface area contributed by atoms with Gasteiger partial charge in [0.15, 0.2) is 0 Å². The zero-order valence-corrected chi connectivity index (χ0v) is 13.2. The molecule has 1 aliphatic heterocycles. The van der Waals surface area contributed by atoms with Gasteiger partial charge in [-0.25, -0.2) is 0 Å². The molecule has 0 unspecified atom stereocenters. The lowest BCUT2D eigenvalue weighted by Gasteiger charge is -2.34. The summed E-state index contributed by atoms with van der Waals surface area (Å²) in [6.07, 6.45) is 2.24. The second kappa shape index (κ2) is 6.91. The number of carbonyl (C=O) groups excluding carboxylic acids is 1. The SMILES string of the molecule is Cc1cccc(N)c1NC(=O)CN(C)C1CCN(C)CC1. The van der Waals surface area contributed by atoms with E-state index in [9.17, 15) is 4.79 Å². The number of nitrogens with zero attached hydrogens (tertiary/aromatic N) is 2. The van der Waals surface area contributed by atoms with Crippen molar-refractivity contribution in [2.75, 3.05) is 44.8 Å². The molecule has 0 spiro atoms. The van der Waals surface area contributed by atoms with Crippen molar-refractivity contribution in [3.05, 3.63) is 23.8 Å². The van der Waals surface area contributed by atoms with E-state index in [0.717, 1.165) is 37.2 Å². The third kappa shape index (κ3) is 4.19. The predicted octanol–water partition coefficient (Wildman–Crippen LogP) is 1.54. The Balaban J connectivity index is 1.89. The number of aryl methyl sites for hydroxylation is 1. The highest BCUT2D eigenvalue weighted by Crippen LogP contribution is 2.22. The number of nitrogens with one attached hydrogen (secondary N) is 1. The average molecular weight is 290 g/mol. The van der Waals surface area contributed by atoms with Crippen LogP contribution in [0.4, 0.5) is 11.4 Å². The first kappa shape index (κ1) is 15.8. The second-order valence-corrected chi connectivity index (χ2v) is 6.04. The van der Waals surface area contributed by atoms with Gasteiger partial charge in [-0.15, -0.1) is 0 Å². The zero-order chi connectivity index (χ0) is 15.4. The molecule has 0 aromatic heterocycles. The Morgan fingerprint density at radius 1 is 1.43 bits per heavy atom. The lowest BCUT2D eigenvalue weighted by molar-refractivity contribution is -0.117. The molecule has 1 amide bonds. The van der Waals surface area contributed by atoms with Crippen LogP contribution in [0.5, 0.6) is 0 Å². The van der Waals surface area contributed by atoms with Gasteiger partial charge < -0.3 is 16.0 Å². The molecule has 1 fully saturated rings. The first-order valence-electron chi connectivity index (χ1n) is 7.51. The Morgan fingerprint density at radius 3 is 2.71 bits per heavy atom. The summed E-state index contributed by atoms with van der Waals surface area (Å²) in [7, 11) is 4.17. The third-order valence-corrected chi connectivity index (χ3v) is 4.27. The van der Waals surface area contributed by atoms with Gasteiger partial charge in [0.05, 0.1) is 17.9 Å². The van der Waals surface area contributed by atoms with Gasteiger partial charge in [-0.2, -0.15) is 0 Å². The summed E-state index contributed by atoms with van der Waals surface area (Å²) in [4.78, 5) is 16.7. The molecule has 0 saturated carbocycles. The minimum absolute atomic E-state index is 0.00238. The number of rotatable bonds is 4. The highest BCUT2D eigenvalue weighted by molar-refractivity contribution is 5.96. The fourth-order valence-electron chi connectivity index (χ4n) is 2.83. The van der Waals surface area contributed by atoms with Crippen LogP contribution in [0, 0.1) is 6.92 Å². The van der Waals surface area contributed by atoms with Gasteiger partial charge in [0.25, 0.3) is 0 Å². The van der Waals surface area contributed by atoms with Gasteiger partial charge in [-0.05, 0) is 58.6 Å². The Labute approximate surface area is 127 Å². The van der Waals surface area contributed by atoms with Gasteiger partial charge >= 0.3 is 0 Å². The number of nitrogen functional groups attached to an aromatic ring is 1. The molecule has 116 valence electrons. The maximum atomic E-state index is 12.2. The molecule has 0 bridgehead atoms. The van der Waals surface area contributed by atoms with Crippen LogP contribution < -0.4 is 11.1 Å². The van der Waals surface area contributed by atoms with Crippen molar-refractivity contribution in [1.82, 2.24) is 9.80 Å². The number of likely N-dealkylation sites (N-methyl/N-ethyl adjacent to an activating group) is 1. The molecule has 3 N–H and O–H groups in total. The molecule has 2 rings (SSSR count). The Morgan fingerprint density at radius 2 is 2.10 bits per heavy atom. The Hall–Kier alpha value is -1.59. The minimum atomic E-state index is -0.00238. The maximum absolute atomic E-state index is 12.2. The molecule has 0 atom stereocenters. The van der Waals surface area contributed by atoms with Crippen molar-refractivity contribution >= 4 is 17.3 Å². The van der Waals surface area contributed by atoms with Crippen molar-refractivity contribution in [1.29, 1.82) is 0 Å². The highest BCUT2D eigenvalue weighted by atomic mass is 16.2. The van der Waals surface area contributed by atoms with E-state index in [-0.39, 0.29) is 5.91 Å². The maximum Gasteiger partial charge on any atom is 0.238 e. The number of nitrogens with two attached hydrogens (primary N) is 1. The van der Waals surface area contributed by atoms with E-state index in [2.05, 4.69) is 22.2 Å². The number of likely N-dealkylation sites (tertiary alicyclic amines) is 1. The van der Waals surface area contributed by atoms with Crippen LogP contribution in [0.15, 0.2) is 18.2 Å². The van der Waals surface area contributed by atoms with E-state index < -0.39 is 0 Å². The number of hydrogen-bond donors (Lipinski definition) is 2. The quantitative estimate of drug-likeness (QED) is 0.826. The van der Waals surface area contributed by atoms with Crippen LogP contribution in [-0.2, 0) is 4.79 Å². The van der Waals surface area contributed by atoms with E-state index in [1.807, 2.05) is 32.2 Å². The Bertz CT molecular complexity index is 475. The van der Waals surface area contributed by atoms with Gasteiger partial charge in [0, 0.05) is 6.04 Å². The van der Waals surface area contributed by atoms with Gasteiger partial charge in [-0.3, -0.25) is 9.69 Å². The number of carbonyl (C=O) groups is 1. The molecule has 5 nitrogen and oxygen atoms in total. The molecule has 0 aliphatic carbocycles. The van der Waals surface area contributed by atoms with E-state index in [4.69, 9.17) is 5.73 Å². The van der Waals surface area contributed by atoms with Crippen LogP contribution in [0.25, 0.3) is 0 Å². The number of piperidine rings is 1. The molecule has 21 heavy (non-hydrogen) atoms. The summed E-state index contributed by atoms with van der Waals surface area (Å²) >= 11 is 0. The second-order valence-electron chi connectivity index (χ2n) is 6.04. The molecule has 1 aliphatic rings. The smallest absolute Gasteiger partial charge is 0.238 e. The average Bonchev–Trinajstić information content (AvgIpc) is 2.43. The lowest BCUT2D eigenvalue weighted by Crippen LogP contribution is -2.44. The first-order chi connectivity index (χ1) is 9.97. The summed E-state index contributed by atoms with van der Waals surface area (Å²) in [6, 6.07) is 6.14. The van der Waals surface area contributed by atoms with E-state index >= 15 is 0 Å². The summed E-state index contributed by atoms with van der Waals surface area (Å²) < 4.78 is 0. The van der Waals surface area contributed by atoms with Crippen molar-refractivity contribution in [2.45, 2.75) is 25.8 Å². The topological polar surface area (TPSA) is 61.6 Å². The highest BCUT2D eigenvalue weighted by Gasteiger charge is 2.22. The van der Waals surface area contributed by atoms with E-state index in [1.165, 1.54) is 0 Å². The summed E-state index contributed by atoms with van der Waals surface area (Å²) in [6.45, 7) is 4.55. The van der Waals surface area contributed by atoms with Crippen molar-refractivity contribution < 1.29 is 4.79 Å². The van der Waals surface area contributed by atoms with Crippen LogP contribution in [0.3, 0.4) is 0 Å². The van der Waals surface area contributed by atoms with E-state index in [1.54, 1.807) is 0 Å². The van der Waals surface area contributed by atoms with E-state index in [0.29, 0.717) is 18.3 Å². The summed E-state index contributed by atoms with van der Waals surface area (Å²) in [5.41, 5.74) is 8.27. The number of hydrogen-bond acceptors (Lipinski definition) is 4. The molecule has 5 heteroatoms. The predicted molar refractivity (Wildman–Crippen MR) is 87.4 cm³/mol. The van der Waals surface area contributed by atoms with Gasteiger partial charge in [0.1, 0.15) is 0 Å². The molecule has 1 aromatic rings. The standard InChI is InChI=1S/C16H26N4O/c1-12-5-4-6-14(17)16(12)18-15(21)11-20(3)13-7-9-19(2)10-8-13/h4-6,13H,7-11,17H2,1-3H3,(H,18,21). The lowest BCUT2D eigenvalue weighted by atomic mass is 10.0. The largest absolute Gasteiger partial charge is 0.397 e. The summed E-state index contributed by atoms with van der Waals surface area (Å²) in [5, 5.41) is 2.94. The van der Waals surface area contributed by atoms with Gasteiger partial charge in [0.2, 0.25) is 5.91 Å². The molecule has 0 radical (unpaired) electrons. The van der Waals surface area contributed by atoms with Crippen LogP contribution in [-0.4, -0.2) is 55.5 Å². The number of para-hydroxylation sites is 1. The Kier molecular flexibility index (Phi) is 5.20. The number of anilines is 2. The molecular formula is C16H26N4O. The molecule has 1 saturated heterocycles. The van der Waals surface area contributed by atoms with Crippen LogP contribution >= 0.6 is 0 Å². The molecule has 1 aromatic carbocycles. The fourth-order valence-corrected chi connectivity index (χ4v) is 2.83. The van der Waals surface area contributed by atoms with Crippen molar-refractivity contribution in [3.8, 4) is 0 Å². The number of benzene rings is 1. The minimum Gasteiger partial charge on any atom is -0.397 e. The first-order valence-corrected chi connectivity index (χ1v) is 7.51. The fraction of sp³-hybridized carbons (Fsp3) is 0.562.